The third-order valence-electron chi connectivity index (χ3n) is 4.90. The average molecular weight is 379 g/mol. The Bertz CT molecular complexity index is 993. The van der Waals surface area contributed by atoms with Gasteiger partial charge in [0.25, 0.3) is 0 Å². The largest absolute Gasteiger partial charge is 0.478 e. The van der Waals surface area contributed by atoms with Crippen LogP contribution in [0.2, 0.25) is 0 Å². The van der Waals surface area contributed by atoms with E-state index in [1.165, 1.54) is 0 Å². The van der Waals surface area contributed by atoms with E-state index in [0.29, 0.717) is 31.8 Å². The number of carbonyl (C=O) groups is 2. The molecule has 0 bridgehead atoms. The molecule has 144 valence electrons. The van der Waals surface area contributed by atoms with Gasteiger partial charge in [0.1, 0.15) is 5.82 Å². The van der Waals surface area contributed by atoms with Gasteiger partial charge in [-0.05, 0) is 24.6 Å². The van der Waals surface area contributed by atoms with E-state index in [9.17, 15) is 9.59 Å². The third kappa shape index (κ3) is 3.80. The number of aromatic carboxylic acids is 1. The highest BCUT2D eigenvalue weighted by atomic mass is 16.4. The quantitative estimate of drug-likeness (QED) is 0.684. The second-order valence-electron chi connectivity index (χ2n) is 6.83. The molecule has 0 fully saturated rings. The number of benzene rings is 1. The molecule has 28 heavy (non-hydrogen) atoms. The first kappa shape index (κ1) is 18.0. The van der Waals surface area contributed by atoms with Gasteiger partial charge in [-0.1, -0.05) is 12.1 Å². The van der Waals surface area contributed by atoms with E-state index >= 15 is 0 Å². The third-order valence-corrected chi connectivity index (χ3v) is 4.90. The van der Waals surface area contributed by atoms with Gasteiger partial charge in [0.15, 0.2) is 0 Å². The number of carboxylic acid groups (broad SMARTS) is 1. The Balaban J connectivity index is 1.41. The molecule has 0 radical (unpaired) electrons. The highest BCUT2D eigenvalue weighted by Crippen LogP contribution is 2.24. The lowest BCUT2D eigenvalue weighted by molar-refractivity contribution is -0.132. The molecule has 0 aliphatic carbocycles. The van der Waals surface area contributed by atoms with Gasteiger partial charge in [-0.3, -0.25) is 9.48 Å². The topological polar surface area (TPSA) is 104 Å². The van der Waals surface area contributed by atoms with Gasteiger partial charge in [0.05, 0.1) is 23.5 Å². The average Bonchev–Trinajstić information content (AvgIpc) is 3.37. The number of carbonyl (C=O) groups excluding carboxylic acids is 1. The SMILES string of the molecule is O=C(O)c1cccc(-c2nc3c([nH]2)CN(C(=O)CCCn2cccn2)CC3)c1. The van der Waals surface area contributed by atoms with Crippen LogP contribution in [0.3, 0.4) is 0 Å². The van der Waals surface area contributed by atoms with Crippen molar-refractivity contribution in [2.75, 3.05) is 6.54 Å². The molecule has 3 aromatic rings. The van der Waals surface area contributed by atoms with Crippen molar-refractivity contribution in [3.63, 3.8) is 0 Å². The van der Waals surface area contributed by atoms with Gasteiger partial charge in [-0.2, -0.15) is 5.10 Å². The molecule has 1 aliphatic heterocycles. The van der Waals surface area contributed by atoms with E-state index in [1.807, 2.05) is 27.9 Å². The maximum Gasteiger partial charge on any atom is 0.335 e. The number of fused-ring (bicyclic) bond motifs is 1. The Morgan fingerprint density at radius 2 is 2.14 bits per heavy atom. The van der Waals surface area contributed by atoms with E-state index < -0.39 is 5.97 Å². The van der Waals surface area contributed by atoms with E-state index in [2.05, 4.69) is 15.1 Å². The first-order chi connectivity index (χ1) is 13.6. The molecule has 0 saturated heterocycles. The molecule has 2 N–H and O–H groups in total. The van der Waals surface area contributed by atoms with Gasteiger partial charge < -0.3 is 15.0 Å². The molecule has 2 aromatic heterocycles. The van der Waals surface area contributed by atoms with E-state index in [-0.39, 0.29) is 11.5 Å². The summed E-state index contributed by atoms with van der Waals surface area (Å²) in [4.78, 5) is 33.4. The lowest BCUT2D eigenvalue weighted by Gasteiger charge is -2.26. The monoisotopic (exact) mass is 379 g/mol. The maximum atomic E-state index is 12.5. The van der Waals surface area contributed by atoms with Crippen molar-refractivity contribution in [1.82, 2.24) is 24.6 Å². The van der Waals surface area contributed by atoms with Crippen LogP contribution in [0.1, 0.15) is 34.6 Å². The predicted molar refractivity (Wildman–Crippen MR) is 102 cm³/mol. The Morgan fingerprint density at radius 3 is 2.93 bits per heavy atom. The first-order valence-electron chi connectivity index (χ1n) is 9.27. The molecular formula is C20H21N5O3. The van der Waals surface area contributed by atoms with E-state index in [0.717, 1.165) is 29.9 Å². The summed E-state index contributed by atoms with van der Waals surface area (Å²) < 4.78 is 1.83. The highest BCUT2D eigenvalue weighted by molar-refractivity contribution is 5.89. The van der Waals surface area contributed by atoms with Crippen LogP contribution >= 0.6 is 0 Å². The van der Waals surface area contributed by atoms with Crippen molar-refractivity contribution in [3.05, 3.63) is 59.7 Å². The zero-order valence-corrected chi connectivity index (χ0v) is 15.3. The van der Waals surface area contributed by atoms with Crippen LogP contribution in [-0.4, -0.2) is 48.2 Å². The maximum absolute atomic E-state index is 12.5. The van der Waals surface area contributed by atoms with Crippen molar-refractivity contribution in [2.24, 2.45) is 0 Å². The second kappa shape index (κ2) is 7.67. The van der Waals surface area contributed by atoms with Gasteiger partial charge >= 0.3 is 5.97 Å². The summed E-state index contributed by atoms with van der Waals surface area (Å²) >= 11 is 0. The van der Waals surface area contributed by atoms with Crippen LogP contribution < -0.4 is 0 Å². The number of nitrogens with one attached hydrogen (secondary N) is 1. The number of aromatic nitrogens is 4. The van der Waals surface area contributed by atoms with Crippen molar-refractivity contribution in [2.45, 2.75) is 32.4 Å². The van der Waals surface area contributed by atoms with Crippen LogP contribution in [0.4, 0.5) is 0 Å². The Morgan fingerprint density at radius 1 is 1.25 bits per heavy atom. The number of carboxylic acids is 1. The predicted octanol–water partition coefficient (Wildman–Crippen LogP) is 2.34. The number of aromatic amines is 1. The Labute approximate surface area is 161 Å². The van der Waals surface area contributed by atoms with E-state index in [4.69, 9.17) is 5.11 Å². The number of rotatable bonds is 6. The highest BCUT2D eigenvalue weighted by Gasteiger charge is 2.24. The van der Waals surface area contributed by atoms with Crippen LogP contribution in [0.5, 0.6) is 0 Å². The fourth-order valence-corrected chi connectivity index (χ4v) is 3.43. The van der Waals surface area contributed by atoms with Crippen LogP contribution in [-0.2, 0) is 24.3 Å². The molecule has 3 heterocycles. The first-order valence-corrected chi connectivity index (χ1v) is 9.27. The van der Waals surface area contributed by atoms with Gasteiger partial charge in [0.2, 0.25) is 5.91 Å². The zero-order valence-electron chi connectivity index (χ0n) is 15.3. The van der Waals surface area contributed by atoms with Crippen LogP contribution in [0.15, 0.2) is 42.7 Å². The van der Waals surface area contributed by atoms with Crippen LogP contribution in [0.25, 0.3) is 11.4 Å². The molecule has 0 saturated carbocycles. The van der Waals surface area contributed by atoms with Crippen molar-refractivity contribution < 1.29 is 14.7 Å². The molecule has 8 nitrogen and oxygen atoms in total. The summed E-state index contributed by atoms with van der Waals surface area (Å²) in [5, 5.41) is 13.3. The number of hydrogen-bond acceptors (Lipinski definition) is 4. The normalized spacial score (nSPS) is 13.4. The summed E-state index contributed by atoms with van der Waals surface area (Å²) in [7, 11) is 0. The zero-order chi connectivity index (χ0) is 19.5. The fourth-order valence-electron chi connectivity index (χ4n) is 3.43. The molecule has 4 rings (SSSR count). The fraction of sp³-hybridized carbons (Fsp3) is 0.300. The summed E-state index contributed by atoms with van der Waals surface area (Å²) in [6.07, 6.45) is 5.55. The minimum atomic E-state index is -0.968. The molecule has 1 aliphatic rings. The van der Waals surface area contributed by atoms with Gasteiger partial charge in [-0.15, -0.1) is 0 Å². The number of amides is 1. The van der Waals surface area contributed by atoms with Crippen molar-refractivity contribution >= 4 is 11.9 Å². The lowest BCUT2D eigenvalue weighted by Crippen LogP contribution is -2.36. The number of aryl methyl sites for hydroxylation is 1. The molecule has 8 heteroatoms. The Kier molecular flexibility index (Phi) is 4.92. The van der Waals surface area contributed by atoms with Crippen molar-refractivity contribution in [1.29, 1.82) is 0 Å². The summed E-state index contributed by atoms with van der Waals surface area (Å²) in [6, 6.07) is 8.56. The van der Waals surface area contributed by atoms with Gasteiger partial charge in [0, 0.05) is 43.9 Å². The number of hydrogen-bond donors (Lipinski definition) is 2. The second-order valence-corrected chi connectivity index (χ2v) is 6.83. The number of H-pyrrole nitrogens is 1. The molecule has 1 amide bonds. The molecule has 1 aromatic carbocycles. The smallest absolute Gasteiger partial charge is 0.335 e. The minimum Gasteiger partial charge on any atom is -0.478 e. The molecule has 0 atom stereocenters. The van der Waals surface area contributed by atoms with Crippen LogP contribution in [0, 0.1) is 0 Å². The minimum absolute atomic E-state index is 0.127. The number of nitrogens with zero attached hydrogens (tertiary/aromatic N) is 4. The summed E-state index contributed by atoms with van der Waals surface area (Å²) in [5.74, 6) is -0.201. The Hall–Kier alpha value is -3.42. The van der Waals surface area contributed by atoms with E-state index in [1.54, 1.807) is 24.4 Å². The molecule has 0 spiro atoms. The standard InChI is InChI=1S/C20H21N5O3/c26-18(6-2-9-25-10-3-8-21-25)24-11-7-16-17(13-24)23-19(22-16)14-4-1-5-15(12-14)20(27)28/h1,3-5,8,10,12H,2,6-7,9,11,13H2,(H,22,23)(H,27,28). The van der Waals surface area contributed by atoms with Gasteiger partial charge in [-0.25, -0.2) is 9.78 Å². The van der Waals surface area contributed by atoms with Crippen molar-refractivity contribution in [3.8, 4) is 11.4 Å². The number of imidazole rings is 1. The lowest BCUT2D eigenvalue weighted by atomic mass is 10.1. The summed E-state index contributed by atoms with van der Waals surface area (Å²) in [6.45, 7) is 1.88. The summed E-state index contributed by atoms with van der Waals surface area (Å²) in [5.41, 5.74) is 2.81. The molecular weight excluding hydrogens is 358 g/mol. The molecule has 0 unspecified atom stereocenters.